The number of piperazine rings is 1. The first-order chi connectivity index (χ1) is 19.8. The Bertz CT molecular complexity index is 1670. The minimum Gasteiger partial charge on any atom is -0.378 e. The molecule has 0 saturated carbocycles. The fourth-order valence-corrected chi connectivity index (χ4v) is 5.40. The van der Waals surface area contributed by atoms with Gasteiger partial charge in [0.15, 0.2) is 11.5 Å². The van der Waals surface area contributed by atoms with Gasteiger partial charge in [0.25, 0.3) is 5.91 Å². The number of imidazole rings is 1. The third kappa shape index (κ3) is 4.48. The van der Waals surface area contributed by atoms with E-state index in [0.29, 0.717) is 41.5 Å². The lowest BCUT2D eigenvalue weighted by atomic mass is 10.1. The second-order valence-electron chi connectivity index (χ2n) is 9.84. The van der Waals surface area contributed by atoms with E-state index in [1.165, 1.54) is 0 Å². The van der Waals surface area contributed by atoms with Crippen LogP contribution in [0.25, 0.3) is 27.8 Å². The number of nitrogens with one attached hydrogen (secondary N) is 2. The van der Waals surface area contributed by atoms with E-state index in [0.717, 1.165) is 61.7 Å². The number of para-hydroxylation sites is 1. The second kappa shape index (κ2) is 10.5. The minimum absolute atomic E-state index is 0.285. The maximum atomic E-state index is 13.7. The van der Waals surface area contributed by atoms with Crippen LogP contribution in [0, 0.1) is 0 Å². The molecule has 4 aromatic heterocycles. The molecule has 0 atom stereocenters. The predicted molar refractivity (Wildman–Crippen MR) is 154 cm³/mol. The van der Waals surface area contributed by atoms with Crippen LogP contribution in [0.4, 0.5) is 17.3 Å². The summed E-state index contributed by atoms with van der Waals surface area (Å²) in [5, 5.41) is 12.0. The number of amides is 1. The Morgan fingerprint density at radius 1 is 0.900 bits per heavy atom. The zero-order valence-corrected chi connectivity index (χ0v) is 22.0. The van der Waals surface area contributed by atoms with Crippen LogP contribution in [-0.4, -0.2) is 83.0 Å². The third-order valence-corrected chi connectivity index (χ3v) is 7.42. The summed E-state index contributed by atoms with van der Waals surface area (Å²) in [5.41, 5.74) is 4.21. The summed E-state index contributed by atoms with van der Waals surface area (Å²) in [6, 6.07) is 15.4. The molecule has 2 saturated heterocycles. The van der Waals surface area contributed by atoms with E-state index in [2.05, 4.69) is 30.5 Å². The highest BCUT2D eigenvalue weighted by Gasteiger charge is 2.24. The van der Waals surface area contributed by atoms with Crippen molar-refractivity contribution in [3.63, 3.8) is 0 Å². The predicted octanol–water partition coefficient (Wildman–Crippen LogP) is 2.84. The van der Waals surface area contributed by atoms with Gasteiger partial charge < -0.3 is 25.2 Å². The van der Waals surface area contributed by atoms with E-state index in [1.807, 2.05) is 48.7 Å². The third-order valence-electron chi connectivity index (χ3n) is 7.42. The highest BCUT2D eigenvalue weighted by molar-refractivity contribution is 6.12. The lowest BCUT2D eigenvalue weighted by Gasteiger charge is -2.28. The molecule has 5 aromatic rings. The van der Waals surface area contributed by atoms with Gasteiger partial charge in [0, 0.05) is 62.6 Å². The van der Waals surface area contributed by atoms with E-state index in [9.17, 15) is 4.79 Å². The number of rotatable bonds is 5. The van der Waals surface area contributed by atoms with Crippen LogP contribution < -0.4 is 20.4 Å². The van der Waals surface area contributed by atoms with Crippen molar-refractivity contribution in [2.45, 2.75) is 0 Å². The molecule has 11 heteroatoms. The van der Waals surface area contributed by atoms with Crippen LogP contribution in [-0.2, 0) is 4.74 Å². The number of pyridine rings is 2. The molecule has 2 aliphatic rings. The van der Waals surface area contributed by atoms with Gasteiger partial charge >= 0.3 is 0 Å². The van der Waals surface area contributed by atoms with E-state index in [1.54, 1.807) is 23.0 Å². The van der Waals surface area contributed by atoms with Gasteiger partial charge in [0.2, 0.25) is 0 Å². The fraction of sp³-hybridized carbons (Fsp3) is 0.276. The molecule has 0 radical (unpaired) electrons. The molecule has 0 unspecified atom stereocenters. The van der Waals surface area contributed by atoms with Crippen LogP contribution in [0.1, 0.15) is 10.4 Å². The monoisotopic (exact) mass is 535 g/mol. The first kappa shape index (κ1) is 24.4. The lowest BCUT2D eigenvalue weighted by molar-refractivity contribution is 0.102. The number of fused-ring (bicyclic) bond motifs is 2. The van der Waals surface area contributed by atoms with Gasteiger partial charge in [-0.15, -0.1) is 0 Å². The molecule has 0 spiro atoms. The van der Waals surface area contributed by atoms with Crippen molar-refractivity contribution < 1.29 is 9.53 Å². The number of hydrogen-bond acceptors (Lipinski definition) is 9. The molecular formula is C29H29N9O2. The summed E-state index contributed by atoms with van der Waals surface area (Å²) >= 11 is 0. The zero-order chi connectivity index (χ0) is 26.9. The topological polar surface area (TPSA) is 113 Å². The van der Waals surface area contributed by atoms with Gasteiger partial charge in [-0.05, 0) is 30.3 Å². The van der Waals surface area contributed by atoms with Crippen LogP contribution in [0.3, 0.4) is 0 Å². The number of carbonyl (C=O) groups excluding carboxylic acids is 1. The van der Waals surface area contributed by atoms with Crippen molar-refractivity contribution in [2.75, 3.05) is 67.6 Å². The summed E-state index contributed by atoms with van der Waals surface area (Å²) in [7, 11) is 0. The largest absolute Gasteiger partial charge is 0.378 e. The quantitative estimate of drug-likeness (QED) is 0.351. The van der Waals surface area contributed by atoms with E-state index < -0.39 is 0 Å². The fourth-order valence-electron chi connectivity index (χ4n) is 5.40. The second-order valence-corrected chi connectivity index (χ2v) is 9.84. The molecule has 7 rings (SSSR count). The Morgan fingerprint density at radius 3 is 2.58 bits per heavy atom. The number of hydrogen-bond donors (Lipinski definition) is 2. The molecule has 0 bridgehead atoms. The Labute approximate surface area is 230 Å². The summed E-state index contributed by atoms with van der Waals surface area (Å²) in [5.74, 6) is 1.06. The average molecular weight is 536 g/mol. The molecule has 1 aromatic carbocycles. The smallest absolute Gasteiger partial charge is 0.259 e. The first-order valence-corrected chi connectivity index (χ1v) is 13.5. The molecule has 40 heavy (non-hydrogen) atoms. The molecular weight excluding hydrogens is 506 g/mol. The Kier molecular flexibility index (Phi) is 6.42. The summed E-state index contributed by atoms with van der Waals surface area (Å²) in [6.07, 6.45) is 5.30. The number of carbonyl (C=O) groups is 1. The van der Waals surface area contributed by atoms with Crippen molar-refractivity contribution in [1.82, 2.24) is 29.9 Å². The van der Waals surface area contributed by atoms with Crippen LogP contribution in [0.2, 0.25) is 0 Å². The molecule has 2 fully saturated rings. The Hall–Kier alpha value is -4.61. The summed E-state index contributed by atoms with van der Waals surface area (Å²) < 4.78 is 7.36. The number of nitrogens with zero attached hydrogens (tertiary/aromatic N) is 7. The molecule has 2 aliphatic heterocycles. The van der Waals surface area contributed by atoms with Crippen LogP contribution in [0.15, 0.2) is 67.1 Å². The molecule has 2 N–H and O–H groups in total. The van der Waals surface area contributed by atoms with Crippen molar-refractivity contribution in [2.24, 2.45) is 0 Å². The van der Waals surface area contributed by atoms with Crippen molar-refractivity contribution in [3.8, 4) is 11.3 Å². The van der Waals surface area contributed by atoms with Crippen molar-refractivity contribution >= 4 is 39.8 Å². The van der Waals surface area contributed by atoms with Gasteiger partial charge in [0.1, 0.15) is 11.5 Å². The average Bonchev–Trinajstić information content (AvgIpc) is 3.39. The molecule has 0 aliphatic carbocycles. The van der Waals surface area contributed by atoms with Gasteiger partial charge in [0.05, 0.1) is 36.2 Å². The van der Waals surface area contributed by atoms with E-state index in [4.69, 9.17) is 14.7 Å². The summed E-state index contributed by atoms with van der Waals surface area (Å²) in [6.45, 7) is 6.50. The summed E-state index contributed by atoms with van der Waals surface area (Å²) in [4.78, 5) is 32.3. The molecule has 1 amide bonds. The highest BCUT2D eigenvalue weighted by atomic mass is 16.5. The number of ether oxygens (including phenoxy) is 1. The van der Waals surface area contributed by atoms with Crippen molar-refractivity contribution in [3.05, 3.63) is 72.7 Å². The SMILES string of the molecule is O=C(Nc1nc2c(N3CCOCC3)ccnn2c1-c1ccc(N2CCNCC2)nc1)c1cccc2cccnc12. The first-order valence-electron chi connectivity index (χ1n) is 13.5. The molecule has 202 valence electrons. The Balaban J connectivity index is 1.32. The van der Waals surface area contributed by atoms with Gasteiger partial charge in [-0.1, -0.05) is 18.2 Å². The number of benzene rings is 1. The normalized spacial score (nSPS) is 16.0. The van der Waals surface area contributed by atoms with Crippen LogP contribution in [0.5, 0.6) is 0 Å². The minimum atomic E-state index is -0.285. The lowest BCUT2D eigenvalue weighted by Crippen LogP contribution is -2.43. The van der Waals surface area contributed by atoms with Gasteiger partial charge in [-0.3, -0.25) is 9.78 Å². The van der Waals surface area contributed by atoms with E-state index in [-0.39, 0.29) is 5.91 Å². The van der Waals surface area contributed by atoms with Crippen LogP contribution >= 0.6 is 0 Å². The number of morpholine rings is 1. The Morgan fingerprint density at radius 2 is 1.75 bits per heavy atom. The van der Waals surface area contributed by atoms with E-state index >= 15 is 0 Å². The highest BCUT2D eigenvalue weighted by Crippen LogP contribution is 2.33. The zero-order valence-electron chi connectivity index (χ0n) is 22.0. The number of anilines is 3. The standard InChI is InChI=1S/C29H29N9O2/c39-29(22-5-1-3-20-4-2-9-31-25(20)22)35-27-26(21-6-7-24(32-19-21)37-13-11-30-12-14-37)38-28(34-27)23(8-10-33-38)36-15-17-40-18-16-36/h1-10,19,30H,11-18H2,(H,35,39). The molecule has 11 nitrogen and oxygen atoms in total. The maximum absolute atomic E-state index is 13.7. The van der Waals surface area contributed by atoms with Gasteiger partial charge in [-0.25, -0.2) is 14.5 Å². The molecule has 6 heterocycles. The van der Waals surface area contributed by atoms with Gasteiger partial charge in [-0.2, -0.15) is 5.10 Å². The van der Waals surface area contributed by atoms with Crippen molar-refractivity contribution in [1.29, 1.82) is 0 Å². The maximum Gasteiger partial charge on any atom is 0.259 e. The number of aromatic nitrogens is 5.